The molecule has 0 unspecified atom stereocenters. The number of alkyl halides is 3. The molecular formula is C18H21F3N7O+. The van der Waals surface area contributed by atoms with Crippen molar-refractivity contribution in [3.63, 3.8) is 0 Å². The molecule has 1 aromatic carbocycles. The summed E-state index contributed by atoms with van der Waals surface area (Å²) in [7, 11) is 7.11. The van der Waals surface area contributed by atoms with Gasteiger partial charge in [-0.1, -0.05) is 0 Å². The molecule has 8 nitrogen and oxygen atoms in total. The van der Waals surface area contributed by atoms with E-state index in [1.54, 1.807) is 24.4 Å². The minimum Gasteiger partial charge on any atom is -0.372 e. The molecule has 154 valence electrons. The first kappa shape index (κ1) is 20.4. The van der Waals surface area contributed by atoms with Crippen LogP contribution in [0.15, 0.2) is 30.6 Å². The minimum atomic E-state index is -4.56. The third-order valence-corrected chi connectivity index (χ3v) is 4.29. The van der Waals surface area contributed by atoms with Gasteiger partial charge in [-0.2, -0.15) is 22.8 Å². The van der Waals surface area contributed by atoms with Gasteiger partial charge in [0, 0.05) is 24.3 Å². The number of nitrogens with one attached hydrogen (secondary N) is 2. The summed E-state index contributed by atoms with van der Waals surface area (Å²) in [5.41, 5.74) is 6.17. The van der Waals surface area contributed by atoms with Crippen LogP contribution >= 0.6 is 0 Å². The molecule has 4 N–H and O–H groups in total. The molecule has 11 heteroatoms. The number of carbonyl (C=O) groups is 1. The molecule has 0 aliphatic heterocycles. The van der Waals surface area contributed by atoms with Crippen LogP contribution in [0.2, 0.25) is 0 Å². The minimum absolute atomic E-state index is 0.000166. The van der Waals surface area contributed by atoms with E-state index in [1.165, 1.54) is 7.05 Å². The molecule has 1 amide bonds. The Hall–Kier alpha value is -3.34. The Morgan fingerprint density at radius 1 is 1.24 bits per heavy atom. The van der Waals surface area contributed by atoms with Gasteiger partial charge in [0.15, 0.2) is 0 Å². The van der Waals surface area contributed by atoms with Gasteiger partial charge in [-0.05, 0) is 18.2 Å². The molecule has 0 saturated heterocycles. The van der Waals surface area contributed by atoms with E-state index in [1.807, 2.05) is 25.8 Å². The molecule has 0 fully saturated rings. The zero-order chi connectivity index (χ0) is 21.6. The molecule has 0 radical (unpaired) electrons. The van der Waals surface area contributed by atoms with E-state index in [4.69, 9.17) is 5.73 Å². The predicted octanol–water partition coefficient (Wildman–Crippen LogP) is 2.66. The molecule has 0 aliphatic carbocycles. The highest BCUT2D eigenvalue weighted by Gasteiger charge is 2.35. The number of anilines is 3. The summed E-state index contributed by atoms with van der Waals surface area (Å²) < 4.78 is 41.3. The van der Waals surface area contributed by atoms with E-state index < -0.39 is 17.6 Å². The molecule has 2 heterocycles. The van der Waals surface area contributed by atoms with E-state index >= 15 is 0 Å². The fourth-order valence-corrected chi connectivity index (χ4v) is 2.95. The fraction of sp³-hybridized carbons (Fsp3) is 0.278. The van der Waals surface area contributed by atoms with Gasteiger partial charge in [0.25, 0.3) is 5.91 Å². The average molecular weight is 408 g/mol. The van der Waals surface area contributed by atoms with Gasteiger partial charge in [-0.15, -0.1) is 0 Å². The Morgan fingerprint density at radius 2 is 1.93 bits per heavy atom. The second kappa shape index (κ2) is 6.92. The topological polar surface area (TPSA) is 97.9 Å². The average Bonchev–Trinajstić information content (AvgIpc) is 3.00. The number of nitrogens with zero attached hydrogens (tertiary/aromatic N) is 4. The number of nitrogens with two attached hydrogens (primary N) is 1. The highest BCUT2D eigenvalue weighted by molar-refractivity contribution is 6.07. The quantitative estimate of drug-likeness (QED) is 0.564. The number of aromatic nitrogens is 3. The monoisotopic (exact) mass is 408 g/mol. The fourth-order valence-electron chi connectivity index (χ4n) is 2.95. The lowest BCUT2D eigenvalue weighted by Crippen LogP contribution is -2.45. The van der Waals surface area contributed by atoms with Gasteiger partial charge in [-0.25, -0.2) is 9.58 Å². The number of rotatable bonds is 5. The number of carbonyl (C=O) groups excluding carboxylic acids is 1. The number of benzene rings is 1. The van der Waals surface area contributed by atoms with Crippen LogP contribution in [0.4, 0.5) is 30.6 Å². The summed E-state index contributed by atoms with van der Waals surface area (Å²) in [6, 6.07) is 5.15. The molecule has 29 heavy (non-hydrogen) atoms. The molecule has 3 aromatic rings. The number of hydrogen-bond acceptors (Lipinski definition) is 5. The largest absolute Gasteiger partial charge is 0.421 e. The lowest BCUT2D eigenvalue weighted by Gasteiger charge is -2.25. The molecule has 0 atom stereocenters. The number of fused-ring (bicyclic) bond motifs is 1. The van der Waals surface area contributed by atoms with Crippen molar-refractivity contribution in [3.05, 3.63) is 41.7 Å². The van der Waals surface area contributed by atoms with Crippen LogP contribution in [-0.2, 0) is 6.18 Å². The second-order valence-corrected chi connectivity index (χ2v) is 7.25. The van der Waals surface area contributed by atoms with Crippen LogP contribution in [0, 0.1) is 0 Å². The second-order valence-electron chi connectivity index (χ2n) is 7.25. The van der Waals surface area contributed by atoms with Gasteiger partial charge in [0.2, 0.25) is 5.95 Å². The van der Waals surface area contributed by atoms with Gasteiger partial charge >= 0.3 is 6.18 Å². The number of halogens is 3. The predicted molar refractivity (Wildman–Crippen MR) is 106 cm³/mol. The van der Waals surface area contributed by atoms with Crippen molar-refractivity contribution in [2.24, 2.45) is 5.73 Å². The van der Waals surface area contributed by atoms with Crippen LogP contribution < -0.4 is 21.0 Å². The Bertz CT molecular complexity index is 1080. The number of hydrogen-bond donors (Lipinski definition) is 3. The lowest BCUT2D eigenvalue weighted by atomic mass is 10.1. The SMILES string of the molecule is CNc1nc(Nc2ccc3c(C(N)=O)cn([N+](C)(C)C)c3c2)ncc1C(F)(F)F. The first-order chi connectivity index (χ1) is 13.4. The van der Waals surface area contributed by atoms with Gasteiger partial charge < -0.3 is 16.4 Å². The van der Waals surface area contributed by atoms with E-state index in [-0.39, 0.29) is 11.8 Å². The maximum Gasteiger partial charge on any atom is 0.421 e. The summed E-state index contributed by atoms with van der Waals surface area (Å²) in [6.45, 7) is 0. The van der Waals surface area contributed by atoms with Crippen molar-refractivity contribution < 1.29 is 18.0 Å². The Balaban J connectivity index is 2.05. The smallest absolute Gasteiger partial charge is 0.372 e. The molecule has 2 aromatic heterocycles. The zero-order valence-electron chi connectivity index (χ0n) is 16.3. The molecule has 0 aliphatic rings. The first-order valence-electron chi connectivity index (χ1n) is 8.58. The van der Waals surface area contributed by atoms with Crippen molar-refractivity contribution in [2.75, 3.05) is 38.8 Å². The maximum absolute atomic E-state index is 13.0. The van der Waals surface area contributed by atoms with Crippen LogP contribution in [0.5, 0.6) is 0 Å². The molecule has 3 rings (SSSR count). The van der Waals surface area contributed by atoms with Gasteiger partial charge in [-0.3, -0.25) is 4.79 Å². The lowest BCUT2D eigenvalue weighted by molar-refractivity contribution is -0.137. The number of amides is 1. The highest BCUT2D eigenvalue weighted by Crippen LogP contribution is 2.34. The Morgan fingerprint density at radius 3 is 2.48 bits per heavy atom. The Labute approximate surface area is 164 Å². The van der Waals surface area contributed by atoms with Gasteiger partial charge in [0.1, 0.15) is 16.9 Å². The zero-order valence-corrected chi connectivity index (χ0v) is 16.3. The van der Waals surface area contributed by atoms with E-state index in [0.29, 0.717) is 21.2 Å². The maximum atomic E-state index is 13.0. The van der Waals surface area contributed by atoms with Crippen molar-refractivity contribution in [3.8, 4) is 0 Å². The van der Waals surface area contributed by atoms with Crippen LogP contribution in [0.3, 0.4) is 0 Å². The highest BCUT2D eigenvalue weighted by atomic mass is 19.4. The third-order valence-electron chi connectivity index (χ3n) is 4.29. The van der Waals surface area contributed by atoms with Crippen molar-refractivity contribution >= 4 is 34.3 Å². The molecule has 0 bridgehead atoms. The molecular weight excluding hydrogens is 387 g/mol. The normalized spacial score (nSPS) is 12.2. The van der Waals surface area contributed by atoms with Crippen molar-refractivity contribution in [2.45, 2.75) is 6.18 Å². The number of quaternary nitrogens is 1. The van der Waals surface area contributed by atoms with E-state index in [2.05, 4.69) is 20.6 Å². The third kappa shape index (κ3) is 3.94. The summed E-state index contributed by atoms with van der Waals surface area (Å²) in [5, 5.41) is 6.00. The van der Waals surface area contributed by atoms with Crippen molar-refractivity contribution in [1.82, 2.24) is 19.2 Å². The molecule has 0 spiro atoms. The summed E-state index contributed by atoms with van der Waals surface area (Å²) in [4.78, 5) is 19.4. The van der Waals surface area contributed by atoms with E-state index in [9.17, 15) is 18.0 Å². The summed E-state index contributed by atoms with van der Waals surface area (Å²) >= 11 is 0. The van der Waals surface area contributed by atoms with Crippen LogP contribution in [-0.4, -0.2) is 48.7 Å². The van der Waals surface area contributed by atoms with Gasteiger partial charge in [0.05, 0.1) is 32.9 Å². The first-order valence-corrected chi connectivity index (χ1v) is 8.58. The van der Waals surface area contributed by atoms with E-state index in [0.717, 1.165) is 11.7 Å². The Kier molecular flexibility index (Phi) is 4.87. The summed E-state index contributed by atoms with van der Waals surface area (Å²) in [6.07, 6.45) is -2.17. The number of primary amides is 1. The van der Waals surface area contributed by atoms with Crippen LogP contribution in [0.25, 0.3) is 10.9 Å². The summed E-state index contributed by atoms with van der Waals surface area (Å²) in [5.74, 6) is -0.880. The standard InChI is InChI=1S/C18H20F3N7O/c1-23-16-13(18(19,20)21)8-24-17(26-16)25-10-5-6-11-12(15(22)29)9-27(14(11)7-10)28(2,3)4/h5-9H,1-4H3,(H3-,22,23,24,25,26,29)/p+1. The van der Waals surface area contributed by atoms with Crippen molar-refractivity contribution in [1.29, 1.82) is 0 Å². The molecule has 0 saturated carbocycles. The van der Waals surface area contributed by atoms with Crippen LogP contribution in [0.1, 0.15) is 15.9 Å².